The molecule has 0 aliphatic carbocycles. The van der Waals surface area contributed by atoms with Crippen LogP contribution in [0.1, 0.15) is 15.4 Å². The van der Waals surface area contributed by atoms with Crippen molar-refractivity contribution in [1.82, 2.24) is 5.32 Å². The molecule has 1 amide bonds. The van der Waals surface area contributed by atoms with Gasteiger partial charge in [-0.3, -0.25) is 0 Å². The summed E-state index contributed by atoms with van der Waals surface area (Å²) in [4.78, 5) is 23.0. The molecule has 5 nitrogen and oxygen atoms in total. The Bertz CT molecular complexity index is 490. The predicted molar refractivity (Wildman–Crippen MR) is 60.7 cm³/mol. The first-order valence-electron chi connectivity index (χ1n) is 4.81. The lowest BCUT2D eigenvalue weighted by atomic mass is 10.4. The van der Waals surface area contributed by atoms with Crippen molar-refractivity contribution in [3.63, 3.8) is 0 Å². The molecule has 0 fully saturated rings. The van der Waals surface area contributed by atoms with Crippen LogP contribution in [0, 0.1) is 0 Å². The van der Waals surface area contributed by atoms with E-state index >= 15 is 0 Å². The highest BCUT2D eigenvalue weighted by molar-refractivity contribution is 7.12. The molecule has 2 aromatic heterocycles. The Morgan fingerprint density at radius 1 is 1.35 bits per heavy atom. The molecule has 88 valence electrons. The van der Waals surface area contributed by atoms with E-state index in [1.165, 1.54) is 17.6 Å². The molecule has 0 aliphatic heterocycles. The van der Waals surface area contributed by atoms with Gasteiger partial charge < -0.3 is 14.5 Å². The number of rotatable bonds is 3. The average Bonchev–Trinajstić information content (AvgIpc) is 2.99. The normalized spacial score (nSPS) is 9.88. The van der Waals surface area contributed by atoms with Gasteiger partial charge in [0.2, 0.25) is 0 Å². The van der Waals surface area contributed by atoms with E-state index in [2.05, 4.69) is 10.1 Å². The summed E-state index contributed by atoms with van der Waals surface area (Å²) in [5, 5.41) is 4.14. The van der Waals surface area contributed by atoms with Crippen LogP contribution in [0.15, 0.2) is 40.3 Å². The number of nitrogens with one attached hydrogen (secondary N) is 1. The van der Waals surface area contributed by atoms with Gasteiger partial charge in [-0.25, -0.2) is 9.59 Å². The van der Waals surface area contributed by atoms with E-state index in [0.29, 0.717) is 10.6 Å². The minimum Gasteiger partial charge on any atom is -0.467 e. The number of carbonyl (C=O) groups excluding carboxylic acids is 2. The van der Waals surface area contributed by atoms with Gasteiger partial charge in [-0.05, 0) is 23.6 Å². The van der Waals surface area contributed by atoms with E-state index in [0.717, 1.165) is 0 Å². The third-order valence-electron chi connectivity index (χ3n) is 1.89. The molecule has 0 radical (unpaired) electrons. The summed E-state index contributed by atoms with van der Waals surface area (Å²) in [6.07, 6.45) is 0.707. The van der Waals surface area contributed by atoms with Gasteiger partial charge in [-0.1, -0.05) is 6.07 Å². The number of furan rings is 1. The highest BCUT2D eigenvalue weighted by Gasteiger charge is 2.13. The van der Waals surface area contributed by atoms with Crippen molar-refractivity contribution in [2.75, 3.05) is 0 Å². The first-order chi connectivity index (χ1) is 8.25. The molecular formula is C11H9NO4S. The summed E-state index contributed by atoms with van der Waals surface area (Å²) in [5.41, 5.74) is 0. The Balaban J connectivity index is 1.80. The van der Waals surface area contributed by atoms with Crippen LogP contribution in [-0.2, 0) is 11.3 Å². The third kappa shape index (κ3) is 3.18. The zero-order chi connectivity index (χ0) is 12.1. The van der Waals surface area contributed by atoms with Crippen LogP contribution in [0.2, 0.25) is 0 Å². The van der Waals surface area contributed by atoms with Gasteiger partial charge in [0, 0.05) is 0 Å². The maximum absolute atomic E-state index is 11.4. The van der Waals surface area contributed by atoms with E-state index in [-0.39, 0.29) is 6.54 Å². The number of carbonyl (C=O) groups is 2. The first kappa shape index (κ1) is 11.4. The minimum atomic E-state index is -0.792. The van der Waals surface area contributed by atoms with Crippen LogP contribution in [0.5, 0.6) is 0 Å². The summed E-state index contributed by atoms with van der Waals surface area (Å²) in [5.74, 6) is -0.0672. The molecular weight excluding hydrogens is 242 g/mol. The molecule has 0 saturated heterocycles. The Labute approximate surface area is 101 Å². The number of ether oxygens (including phenoxy) is 1. The van der Waals surface area contributed by atoms with Crippen molar-refractivity contribution in [3.05, 3.63) is 46.5 Å². The smallest absolute Gasteiger partial charge is 0.415 e. The van der Waals surface area contributed by atoms with E-state index in [4.69, 9.17) is 4.42 Å². The summed E-state index contributed by atoms with van der Waals surface area (Å²) in [6.45, 7) is 0.184. The van der Waals surface area contributed by atoms with Crippen molar-refractivity contribution >= 4 is 23.4 Å². The van der Waals surface area contributed by atoms with Crippen LogP contribution in [0.4, 0.5) is 4.79 Å². The Morgan fingerprint density at radius 3 is 2.88 bits per heavy atom. The second kappa shape index (κ2) is 5.31. The van der Waals surface area contributed by atoms with Crippen LogP contribution < -0.4 is 5.32 Å². The van der Waals surface area contributed by atoms with Crippen molar-refractivity contribution in [2.45, 2.75) is 6.54 Å². The summed E-state index contributed by atoms with van der Waals surface area (Å²) in [6, 6.07) is 6.72. The third-order valence-corrected chi connectivity index (χ3v) is 2.74. The number of hydrogen-bond acceptors (Lipinski definition) is 5. The monoisotopic (exact) mass is 251 g/mol. The largest absolute Gasteiger partial charge is 0.467 e. The summed E-state index contributed by atoms with van der Waals surface area (Å²) < 4.78 is 9.58. The number of esters is 1. The fourth-order valence-electron chi connectivity index (χ4n) is 1.14. The number of alkyl carbamates (subject to hydrolysis) is 1. The SMILES string of the molecule is O=C(NCc1ccco1)OC(=O)c1cccs1. The lowest BCUT2D eigenvalue weighted by molar-refractivity contribution is 0.0626. The molecule has 6 heteroatoms. The van der Waals surface area contributed by atoms with Crippen LogP contribution >= 0.6 is 11.3 Å². The van der Waals surface area contributed by atoms with Crippen LogP contribution in [0.25, 0.3) is 0 Å². The van der Waals surface area contributed by atoms with Crippen molar-refractivity contribution in [1.29, 1.82) is 0 Å². The minimum absolute atomic E-state index is 0.184. The van der Waals surface area contributed by atoms with Crippen LogP contribution in [0.3, 0.4) is 0 Å². The number of thiophene rings is 1. The molecule has 2 aromatic rings. The fraction of sp³-hybridized carbons (Fsp3) is 0.0909. The molecule has 0 saturated carbocycles. The molecule has 0 unspecified atom stereocenters. The topological polar surface area (TPSA) is 68.5 Å². The number of hydrogen-bond donors (Lipinski definition) is 1. The Hall–Kier alpha value is -2.08. The Morgan fingerprint density at radius 2 is 2.24 bits per heavy atom. The molecule has 0 aliphatic rings. The van der Waals surface area contributed by atoms with E-state index < -0.39 is 12.1 Å². The molecule has 0 aromatic carbocycles. The lowest BCUT2D eigenvalue weighted by Crippen LogP contribution is -2.26. The van der Waals surface area contributed by atoms with Crippen LogP contribution in [-0.4, -0.2) is 12.1 Å². The standard InChI is InChI=1S/C11H9NO4S/c13-10(9-4-2-6-17-9)16-11(14)12-7-8-3-1-5-15-8/h1-6H,7H2,(H,12,14). The van der Waals surface area contributed by atoms with E-state index in [9.17, 15) is 9.59 Å². The van der Waals surface area contributed by atoms with E-state index in [1.54, 1.807) is 29.6 Å². The van der Waals surface area contributed by atoms with Gasteiger partial charge in [0.1, 0.15) is 10.6 Å². The molecule has 0 spiro atoms. The average molecular weight is 251 g/mol. The quantitative estimate of drug-likeness (QED) is 0.671. The highest BCUT2D eigenvalue weighted by atomic mass is 32.1. The van der Waals surface area contributed by atoms with Gasteiger partial charge in [0.25, 0.3) is 0 Å². The van der Waals surface area contributed by atoms with Crippen molar-refractivity contribution < 1.29 is 18.7 Å². The molecule has 0 atom stereocenters. The molecule has 17 heavy (non-hydrogen) atoms. The predicted octanol–water partition coefficient (Wildman–Crippen LogP) is 2.41. The number of amides is 1. The molecule has 2 rings (SSSR count). The maximum atomic E-state index is 11.4. The highest BCUT2D eigenvalue weighted by Crippen LogP contribution is 2.09. The molecule has 2 heterocycles. The zero-order valence-electron chi connectivity index (χ0n) is 8.71. The van der Waals surface area contributed by atoms with E-state index in [1.807, 2.05) is 0 Å². The van der Waals surface area contributed by atoms with Crippen molar-refractivity contribution in [2.24, 2.45) is 0 Å². The summed E-state index contributed by atoms with van der Waals surface area (Å²) >= 11 is 1.22. The van der Waals surface area contributed by atoms with Crippen molar-refractivity contribution in [3.8, 4) is 0 Å². The molecule has 0 bridgehead atoms. The van der Waals surface area contributed by atoms with Gasteiger partial charge in [-0.15, -0.1) is 11.3 Å². The Kier molecular flexibility index (Phi) is 3.56. The first-order valence-corrected chi connectivity index (χ1v) is 5.69. The van der Waals surface area contributed by atoms with Gasteiger partial charge in [0.15, 0.2) is 0 Å². The second-order valence-electron chi connectivity index (χ2n) is 3.09. The fourth-order valence-corrected chi connectivity index (χ4v) is 1.74. The van der Waals surface area contributed by atoms with Gasteiger partial charge >= 0.3 is 12.1 Å². The maximum Gasteiger partial charge on any atom is 0.415 e. The molecule has 1 N–H and O–H groups in total. The summed E-state index contributed by atoms with van der Waals surface area (Å²) in [7, 11) is 0. The lowest BCUT2D eigenvalue weighted by Gasteiger charge is -2.02. The second-order valence-corrected chi connectivity index (χ2v) is 4.03. The zero-order valence-corrected chi connectivity index (χ0v) is 9.53. The van der Waals surface area contributed by atoms with Gasteiger partial charge in [0.05, 0.1) is 12.8 Å². The van der Waals surface area contributed by atoms with Gasteiger partial charge in [-0.2, -0.15) is 0 Å².